The van der Waals surface area contributed by atoms with Crippen LogP contribution in [0.4, 0.5) is 5.69 Å². The number of halogens is 1. The maximum Gasteiger partial charge on any atom is 0.335 e. The average molecular weight is 581 g/mol. The number of amides is 2. The largest absolute Gasteiger partial charge is 0.493 e. The lowest BCUT2D eigenvalue weighted by Gasteiger charge is -2.29. The van der Waals surface area contributed by atoms with E-state index in [9.17, 15) is 19.5 Å². The molecule has 1 heterocycles. The maximum absolute atomic E-state index is 13.3. The molecule has 8 nitrogen and oxygen atoms in total. The minimum atomic E-state index is -1.15. The van der Waals surface area contributed by atoms with Crippen LogP contribution in [0.2, 0.25) is 0 Å². The Bertz CT molecular complexity index is 1470. The van der Waals surface area contributed by atoms with Gasteiger partial charge in [-0.25, -0.2) is 4.79 Å². The number of benzene rings is 3. The van der Waals surface area contributed by atoms with E-state index in [0.29, 0.717) is 28.1 Å². The number of methoxy groups -OCH3 is 1. The number of aryl methyl sites for hydroxylation is 1. The lowest BCUT2D eigenvalue weighted by Crippen LogP contribution is -2.54. The van der Waals surface area contributed by atoms with Gasteiger partial charge in [-0.2, -0.15) is 0 Å². The number of thiocarbonyl (C=S) groups is 1. The number of ether oxygens (including phenoxy) is 2. The standard InChI is InChI=1S/C27H21BrN2O6S/c1-15-5-3-6-16(9-15)14-36-23-13-21(28)18(12-22(23)35-2)11-20-24(31)29-27(37)30(25(20)32)19-8-4-7-17(10-19)26(33)34/h3-13H,14H2,1-2H3,(H,33,34)(H,29,31,37). The number of hydrogen-bond acceptors (Lipinski definition) is 6. The highest BCUT2D eigenvalue weighted by Crippen LogP contribution is 2.36. The molecule has 0 unspecified atom stereocenters. The van der Waals surface area contributed by atoms with Crippen LogP contribution in [0.15, 0.2) is 70.7 Å². The second-order valence-electron chi connectivity index (χ2n) is 8.12. The van der Waals surface area contributed by atoms with E-state index in [-0.39, 0.29) is 21.9 Å². The molecule has 0 atom stereocenters. The summed E-state index contributed by atoms with van der Waals surface area (Å²) in [5.41, 5.74) is 2.61. The van der Waals surface area contributed by atoms with Gasteiger partial charge in [0.2, 0.25) is 0 Å². The molecule has 2 amide bonds. The highest BCUT2D eigenvalue weighted by molar-refractivity contribution is 9.10. The molecule has 4 rings (SSSR count). The minimum Gasteiger partial charge on any atom is -0.493 e. The van der Waals surface area contributed by atoms with E-state index in [0.717, 1.165) is 16.0 Å². The van der Waals surface area contributed by atoms with Gasteiger partial charge in [-0.3, -0.25) is 19.8 Å². The summed E-state index contributed by atoms with van der Waals surface area (Å²) in [6, 6.07) is 17.0. The molecule has 3 aromatic rings. The lowest BCUT2D eigenvalue weighted by atomic mass is 10.1. The van der Waals surface area contributed by atoms with Gasteiger partial charge >= 0.3 is 5.97 Å². The molecule has 10 heteroatoms. The van der Waals surface area contributed by atoms with Crippen LogP contribution in [0.5, 0.6) is 11.5 Å². The monoisotopic (exact) mass is 580 g/mol. The van der Waals surface area contributed by atoms with Crippen molar-refractivity contribution in [2.75, 3.05) is 12.0 Å². The quantitative estimate of drug-likeness (QED) is 0.233. The number of anilines is 1. The molecule has 1 saturated heterocycles. The van der Waals surface area contributed by atoms with Gasteiger partial charge in [0.1, 0.15) is 12.2 Å². The number of rotatable bonds is 7. The number of carboxylic acid groups (broad SMARTS) is 1. The van der Waals surface area contributed by atoms with Gasteiger partial charge in [0.15, 0.2) is 16.6 Å². The lowest BCUT2D eigenvalue weighted by molar-refractivity contribution is -0.122. The maximum atomic E-state index is 13.3. The van der Waals surface area contributed by atoms with Gasteiger partial charge in [-0.1, -0.05) is 51.8 Å². The second-order valence-corrected chi connectivity index (χ2v) is 9.36. The highest BCUT2D eigenvalue weighted by Gasteiger charge is 2.35. The Balaban J connectivity index is 1.65. The first kappa shape index (κ1) is 26.1. The van der Waals surface area contributed by atoms with E-state index in [1.807, 2.05) is 31.2 Å². The van der Waals surface area contributed by atoms with E-state index in [1.54, 1.807) is 12.1 Å². The first-order chi connectivity index (χ1) is 17.7. The zero-order valence-corrected chi connectivity index (χ0v) is 22.2. The van der Waals surface area contributed by atoms with Crippen molar-refractivity contribution in [1.29, 1.82) is 0 Å². The van der Waals surface area contributed by atoms with Crippen molar-refractivity contribution >= 4 is 62.8 Å². The molecule has 0 aromatic heterocycles. The SMILES string of the molecule is COc1cc(C=C2C(=O)NC(=S)N(c3cccc(C(=O)O)c3)C2=O)c(Br)cc1OCc1cccc(C)c1. The van der Waals surface area contributed by atoms with Crippen molar-refractivity contribution < 1.29 is 29.0 Å². The Morgan fingerprint density at radius 1 is 1.11 bits per heavy atom. The fraction of sp³-hybridized carbons (Fsp3) is 0.111. The normalized spacial score (nSPS) is 14.5. The third-order valence-corrected chi connectivity index (χ3v) is 6.48. The van der Waals surface area contributed by atoms with Crippen LogP contribution >= 0.6 is 28.1 Å². The highest BCUT2D eigenvalue weighted by atomic mass is 79.9. The Labute approximate surface area is 226 Å². The van der Waals surface area contributed by atoms with Gasteiger partial charge in [-0.15, -0.1) is 0 Å². The molecule has 0 spiro atoms. The zero-order valence-electron chi connectivity index (χ0n) is 19.8. The smallest absolute Gasteiger partial charge is 0.335 e. The van der Waals surface area contributed by atoms with E-state index in [1.165, 1.54) is 37.5 Å². The van der Waals surface area contributed by atoms with E-state index < -0.39 is 17.8 Å². The van der Waals surface area contributed by atoms with Crippen LogP contribution in [0, 0.1) is 6.92 Å². The van der Waals surface area contributed by atoms with Crippen LogP contribution in [-0.2, 0) is 16.2 Å². The molecule has 37 heavy (non-hydrogen) atoms. The Hall–Kier alpha value is -4.02. The summed E-state index contributed by atoms with van der Waals surface area (Å²) in [7, 11) is 1.49. The van der Waals surface area contributed by atoms with Gasteiger partial charge in [0.25, 0.3) is 11.8 Å². The van der Waals surface area contributed by atoms with Crippen LogP contribution in [0.25, 0.3) is 6.08 Å². The molecule has 1 aliphatic rings. The number of nitrogens with one attached hydrogen (secondary N) is 1. The molecule has 3 aromatic carbocycles. The molecular formula is C27H21BrN2O6S. The van der Waals surface area contributed by atoms with Crippen LogP contribution in [0.1, 0.15) is 27.0 Å². The zero-order chi connectivity index (χ0) is 26.7. The van der Waals surface area contributed by atoms with Crippen molar-refractivity contribution in [1.82, 2.24) is 5.32 Å². The van der Waals surface area contributed by atoms with Crippen LogP contribution in [-0.4, -0.2) is 35.1 Å². The van der Waals surface area contributed by atoms with Crippen molar-refractivity contribution in [3.63, 3.8) is 0 Å². The van der Waals surface area contributed by atoms with Gasteiger partial charge in [0.05, 0.1) is 18.4 Å². The van der Waals surface area contributed by atoms with Crippen LogP contribution < -0.4 is 19.7 Å². The number of carbonyl (C=O) groups is 3. The van der Waals surface area contributed by atoms with E-state index in [2.05, 4.69) is 21.2 Å². The predicted molar refractivity (Wildman–Crippen MR) is 146 cm³/mol. The summed E-state index contributed by atoms with van der Waals surface area (Å²) in [4.78, 5) is 38.5. The van der Waals surface area contributed by atoms with Crippen molar-refractivity contribution in [2.24, 2.45) is 0 Å². The first-order valence-electron chi connectivity index (χ1n) is 11.0. The third kappa shape index (κ3) is 5.71. The molecule has 0 bridgehead atoms. The van der Waals surface area contributed by atoms with Crippen LogP contribution in [0.3, 0.4) is 0 Å². The van der Waals surface area contributed by atoms with Crippen molar-refractivity contribution in [3.8, 4) is 11.5 Å². The third-order valence-electron chi connectivity index (χ3n) is 5.51. The molecule has 0 saturated carbocycles. The van der Waals surface area contributed by atoms with Gasteiger partial charge in [-0.05, 0) is 66.7 Å². The molecule has 0 radical (unpaired) electrons. The molecule has 1 aliphatic heterocycles. The summed E-state index contributed by atoms with van der Waals surface area (Å²) < 4.78 is 12.0. The number of carboxylic acids is 1. The Morgan fingerprint density at radius 2 is 1.86 bits per heavy atom. The summed E-state index contributed by atoms with van der Waals surface area (Å²) in [6.07, 6.45) is 1.41. The van der Waals surface area contributed by atoms with Crippen molar-refractivity contribution in [3.05, 3.63) is 93.0 Å². The Morgan fingerprint density at radius 3 is 2.57 bits per heavy atom. The second kappa shape index (κ2) is 10.9. The number of carbonyl (C=O) groups excluding carboxylic acids is 2. The van der Waals surface area contributed by atoms with E-state index in [4.69, 9.17) is 21.7 Å². The summed E-state index contributed by atoms with van der Waals surface area (Å²) in [6.45, 7) is 2.33. The molecule has 2 N–H and O–H groups in total. The number of hydrogen-bond donors (Lipinski definition) is 2. The molecular weight excluding hydrogens is 560 g/mol. The topological polar surface area (TPSA) is 105 Å². The molecule has 0 aliphatic carbocycles. The van der Waals surface area contributed by atoms with Crippen molar-refractivity contribution in [2.45, 2.75) is 13.5 Å². The number of aromatic carboxylic acids is 1. The number of nitrogens with zero attached hydrogens (tertiary/aromatic N) is 1. The van der Waals surface area contributed by atoms with Gasteiger partial charge < -0.3 is 14.6 Å². The van der Waals surface area contributed by atoms with Gasteiger partial charge in [0, 0.05) is 4.47 Å². The Kier molecular flexibility index (Phi) is 7.70. The molecule has 1 fully saturated rings. The first-order valence-corrected chi connectivity index (χ1v) is 12.2. The summed E-state index contributed by atoms with van der Waals surface area (Å²) in [5.74, 6) is -1.63. The fourth-order valence-electron chi connectivity index (χ4n) is 3.72. The average Bonchev–Trinajstić information content (AvgIpc) is 2.86. The van der Waals surface area contributed by atoms with E-state index >= 15 is 0 Å². The minimum absolute atomic E-state index is 0.0238. The molecule has 188 valence electrons. The summed E-state index contributed by atoms with van der Waals surface area (Å²) in [5, 5.41) is 11.6. The fourth-order valence-corrected chi connectivity index (χ4v) is 4.44. The predicted octanol–water partition coefficient (Wildman–Crippen LogP) is 4.87. The summed E-state index contributed by atoms with van der Waals surface area (Å²) >= 11 is 8.69.